The normalized spacial score (nSPS) is 12.7. The molecule has 0 spiro atoms. The zero-order valence-corrected chi connectivity index (χ0v) is 15.3. The first-order chi connectivity index (χ1) is 13.5. The quantitative estimate of drug-likeness (QED) is 0.483. The molecule has 1 aromatic carbocycles. The molecule has 0 bridgehead atoms. The Morgan fingerprint density at radius 2 is 2.00 bits per heavy atom. The molecule has 1 aromatic heterocycles. The Labute approximate surface area is 160 Å². The summed E-state index contributed by atoms with van der Waals surface area (Å²) in [5.41, 5.74) is 0.146. The van der Waals surface area contributed by atoms with Crippen LogP contribution in [-0.2, 0) is 16.1 Å². The summed E-state index contributed by atoms with van der Waals surface area (Å²) in [5, 5.41) is 20.8. The number of fused-ring (bicyclic) bond motifs is 2. The second-order valence-corrected chi connectivity index (χ2v) is 6.33. The van der Waals surface area contributed by atoms with Gasteiger partial charge in [0.05, 0.1) is 30.7 Å². The van der Waals surface area contributed by atoms with Gasteiger partial charge < -0.3 is 19.8 Å². The molecule has 0 saturated heterocycles. The van der Waals surface area contributed by atoms with Crippen molar-refractivity contribution in [3.05, 3.63) is 28.6 Å². The van der Waals surface area contributed by atoms with E-state index in [9.17, 15) is 14.4 Å². The lowest BCUT2D eigenvalue weighted by atomic mass is 10.2. The van der Waals surface area contributed by atoms with E-state index in [1.807, 2.05) is 0 Å². The van der Waals surface area contributed by atoms with Gasteiger partial charge in [-0.25, -0.2) is 4.98 Å². The predicted octanol–water partition coefficient (Wildman–Crippen LogP) is -0.679. The summed E-state index contributed by atoms with van der Waals surface area (Å²) >= 11 is 0. The van der Waals surface area contributed by atoms with Gasteiger partial charge in [0.15, 0.2) is 0 Å². The Bertz CT molecular complexity index is 936. The van der Waals surface area contributed by atoms with Crippen LogP contribution in [0.1, 0.15) is 12.8 Å². The van der Waals surface area contributed by atoms with Gasteiger partial charge in [0.25, 0.3) is 5.56 Å². The van der Waals surface area contributed by atoms with Crippen LogP contribution in [0.4, 0.5) is 5.95 Å². The van der Waals surface area contributed by atoms with Crippen molar-refractivity contribution in [1.29, 1.82) is 0 Å². The number of ether oxygens (including phenoxy) is 1. The second kappa shape index (κ2) is 8.81. The van der Waals surface area contributed by atoms with E-state index < -0.39 is 0 Å². The monoisotopic (exact) mass is 390 g/mol. The zero-order chi connectivity index (χ0) is 20.1. The minimum atomic E-state index is -0.317. The van der Waals surface area contributed by atoms with Crippen molar-refractivity contribution in [2.45, 2.75) is 19.4 Å². The lowest BCUT2D eigenvalue weighted by molar-refractivity contribution is -0.132. The first-order valence-electron chi connectivity index (χ1n) is 9.00. The van der Waals surface area contributed by atoms with Crippen LogP contribution in [0.2, 0.25) is 0 Å². The van der Waals surface area contributed by atoms with Crippen molar-refractivity contribution in [2.75, 3.05) is 38.2 Å². The summed E-state index contributed by atoms with van der Waals surface area (Å²) in [6, 6.07) is 4.90. The molecule has 3 rings (SSSR count). The number of anilines is 1. The number of benzene rings is 1. The van der Waals surface area contributed by atoms with Crippen LogP contribution in [0.25, 0.3) is 10.9 Å². The number of hydrogen-bond donors (Lipinski definition) is 3. The molecule has 3 N–H and O–H groups in total. The van der Waals surface area contributed by atoms with E-state index in [0.29, 0.717) is 23.1 Å². The smallest absolute Gasteiger partial charge is 0.263 e. The van der Waals surface area contributed by atoms with Crippen molar-refractivity contribution in [3.63, 3.8) is 0 Å². The molecule has 10 nitrogen and oxygen atoms in total. The van der Waals surface area contributed by atoms with Gasteiger partial charge in [-0.2, -0.15) is 0 Å². The fourth-order valence-electron chi connectivity index (χ4n) is 3.01. The molecule has 10 heteroatoms. The highest BCUT2D eigenvalue weighted by Gasteiger charge is 2.21. The molecule has 1 aliphatic heterocycles. The third-order valence-corrected chi connectivity index (χ3v) is 4.37. The fraction of sp³-hybridized carbons (Fsp3) is 0.444. The number of amides is 2. The minimum absolute atomic E-state index is 0.0531. The SMILES string of the molecule is O=C1Cn2c(nc3ccc(OCCCC(=O)N(CCO)CCO)cc3c2=O)N1. The van der Waals surface area contributed by atoms with Crippen molar-refractivity contribution in [3.8, 4) is 5.75 Å². The molecule has 0 saturated carbocycles. The van der Waals surface area contributed by atoms with Crippen LogP contribution < -0.4 is 15.6 Å². The second-order valence-electron chi connectivity index (χ2n) is 6.33. The van der Waals surface area contributed by atoms with Gasteiger partial charge in [-0.15, -0.1) is 0 Å². The summed E-state index contributed by atoms with van der Waals surface area (Å²) in [6.07, 6.45) is 0.670. The highest BCUT2D eigenvalue weighted by atomic mass is 16.5. The Balaban J connectivity index is 1.60. The van der Waals surface area contributed by atoms with Crippen molar-refractivity contribution < 1.29 is 24.5 Å². The topological polar surface area (TPSA) is 134 Å². The van der Waals surface area contributed by atoms with Crippen LogP contribution in [-0.4, -0.2) is 69.4 Å². The van der Waals surface area contributed by atoms with Gasteiger partial charge in [0.2, 0.25) is 17.8 Å². The van der Waals surface area contributed by atoms with Gasteiger partial charge in [-0.1, -0.05) is 0 Å². The van der Waals surface area contributed by atoms with Gasteiger partial charge in [-0.3, -0.25) is 24.3 Å². The summed E-state index contributed by atoms with van der Waals surface area (Å²) < 4.78 is 6.91. The van der Waals surface area contributed by atoms with Gasteiger partial charge >= 0.3 is 0 Å². The molecule has 150 valence electrons. The Morgan fingerprint density at radius 3 is 2.71 bits per heavy atom. The number of carbonyl (C=O) groups excluding carboxylic acids is 2. The van der Waals surface area contributed by atoms with E-state index in [1.54, 1.807) is 18.2 Å². The summed E-state index contributed by atoms with van der Waals surface area (Å²) in [4.78, 5) is 41.7. The third-order valence-electron chi connectivity index (χ3n) is 4.37. The fourth-order valence-corrected chi connectivity index (χ4v) is 3.01. The van der Waals surface area contributed by atoms with Crippen LogP contribution in [0, 0.1) is 0 Å². The maximum atomic E-state index is 12.5. The van der Waals surface area contributed by atoms with Crippen molar-refractivity contribution in [1.82, 2.24) is 14.5 Å². The summed E-state index contributed by atoms with van der Waals surface area (Å²) in [7, 11) is 0. The molecule has 2 heterocycles. The molecule has 0 unspecified atom stereocenters. The molecule has 0 radical (unpaired) electrons. The van der Waals surface area contributed by atoms with E-state index >= 15 is 0 Å². The molecule has 0 fully saturated rings. The number of aliphatic hydroxyl groups excluding tert-OH is 2. The number of carbonyl (C=O) groups is 2. The van der Waals surface area contributed by atoms with Crippen molar-refractivity contribution >= 4 is 28.7 Å². The van der Waals surface area contributed by atoms with Gasteiger partial charge in [0.1, 0.15) is 12.3 Å². The molecule has 2 aromatic rings. The average Bonchev–Trinajstić information content (AvgIpc) is 3.06. The summed E-state index contributed by atoms with van der Waals surface area (Å²) in [6.45, 7) is 0.264. The lowest BCUT2D eigenvalue weighted by Crippen LogP contribution is -2.35. The molecular formula is C18H22N4O6. The Kier molecular flexibility index (Phi) is 6.22. The average molecular weight is 390 g/mol. The molecule has 2 amide bonds. The van der Waals surface area contributed by atoms with Gasteiger partial charge in [-0.05, 0) is 24.6 Å². The van der Waals surface area contributed by atoms with E-state index in [0.717, 1.165) is 0 Å². The Hall–Kier alpha value is -2.98. The third kappa shape index (κ3) is 4.29. The highest BCUT2D eigenvalue weighted by Crippen LogP contribution is 2.20. The zero-order valence-electron chi connectivity index (χ0n) is 15.3. The van der Waals surface area contributed by atoms with Crippen LogP contribution in [0.5, 0.6) is 5.75 Å². The van der Waals surface area contributed by atoms with Crippen LogP contribution >= 0.6 is 0 Å². The molecule has 0 atom stereocenters. The number of hydrogen-bond acceptors (Lipinski definition) is 7. The van der Waals surface area contributed by atoms with E-state index in [2.05, 4.69) is 10.3 Å². The van der Waals surface area contributed by atoms with E-state index in [1.165, 1.54) is 9.47 Å². The van der Waals surface area contributed by atoms with Crippen LogP contribution in [0.3, 0.4) is 0 Å². The molecular weight excluding hydrogens is 368 g/mol. The molecule has 28 heavy (non-hydrogen) atoms. The number of aromatic nitrogens is 2. The summed E-state index contributed by atoms with van der Waals surface area (Å²) in [5.74, 6) is 0.266. The Morgan fingerprint density at radius 1 is 1.25 bits per heavy atom. The minimum Gasteiger partial charge on any atom is -0.494 e. The predicted molar refractivity (Wildman–Crippen MR) is 100 cm³/mol. The van der Waals surface area contributed by atoms with Crippen molar-refractivity contribution in [2.24, 2.45) is 0 Å². The van der Waals surface area contributed by atoms with Gasteiger partial charge in [0, 0.05) is 19.5 Å². The largest absolute Gasteiger partial charge is 0.494 e. The number of nitrogens with zero attached hydrogens (tertiary/aromatic N) is 3. The van der Waals surface area contributed by atoms with E-state index in [-0.39, 0.29) is 69.2 Å². The molecule has 1 aliphatic rings. The van der Waals surface area contributed by atoms with Crippen LogP contribution in [0.15, 0.2) is 23.0 Å². The highest BCUT2D eigenvalue weighted by molar-refractivity contribution is 5.94. The van der Waals surface area contributed by atoms with E-state index in [4.69, 9.17) is 14.9 Å². The number of rotatable bonds is 9. The molecule has 0 aliphatic carbocycles. The lowest BCUT2D eigenvalue weighted by Gasteiger charge is -2.20. The first kappa shape index (κ1) is 19.8. The first-order valence-corrected chi connectivity index (χ1v) is 9.00. The number of aliphatic hydroxyl groups is 2. The standard InChI is InChI=1S/C18H22N4O6/c23-7-5-21(6-8-24)16(26)2-1-9-28-12-3-4-14-13(10-12)17(27)22-11-15(25)20-18(22)19-14/h3-4,10,23-24H,1-2,5-9,11H2,(H,19,20,25). The maximum Gasteiger partial charge on any atom is 0.263 e. The maximum absolute atomic E-state index is 12.5. The number of nitrogens with one attached hydrogen (secondary N) is 1.